The van der Waals surface area contributed by atoms with Crippen LogP contribution in [-0.2, 0) is 0 Å². The van der Waals surface area contributed by atoms with Gasteiger partial charge in [0.2, 0.25) is 0 Å². The molecule has 1 aromatic rings. The summed E-state index contributed by atoms with van der Waals surface area (Å²) in [5.41, 5.74) is 1.99. The fraction of sp³-hybridized carbons (Fsp3) is 0.500. The Morgan fingerprint density at radius 3 is 1.29 bits per heavy atom. The van der Waals surface area contributed by atoms with Gasteiger partial charge in [0.25, 0.3) is 0 Å². The van der Waals surface area contributed by atoms with Crippen LogP contribution in [-0.4, -0.2) is 5.60 Å². The summed E-state index contributed by atoms with van der Waals surface area (Å²) in [6.45, 7) is 9.14. The molecule has 0 heterocycles. The van der Waals surface area contributed by atoms with E-state index >= 15 is 0 Å². The summed E-state index contributed by atoms with van der Waals surface area (Å²) in [5, 5.41) is 10.1. The van der Waals surface area contributed by atoms with Crippen LogP contribution in [0, 0.1) is 13.8 Å². The maximum absolute atomic E-state index is 10.1. The standard InChI is InChI=1S/C8H10.C4H9O.K/c1-7-5-3-4-6-8(7)2;1-4(2,3)5;/h3-6H,1-2H3;1-3H3;/q;-1;+1. The number of benzene rings is 1. The first kappa shape index (κ1) is 17.2. The van der Waals surface area contributed by atoms with Crippen LogP contribution < -0.4 is 56.5 Å². The van der Waals surface area contributed by atoms with E-state index in [0.717, 1.165) is 0 Å². The summed E-state index contributed by atoms with van der Waals surface area (Å²) in [4.78, 5) is 0. The third-order valence-corrected chi connectivity index (χ3v) is 1.43. The summed E-state index contributed by atoms with van der Waals surface area (Å²) in [7, 11) is 0. The van der Waals surface area contributed by atoms with Gasteiger partial charge in [0.05, 0.1) is 0 Å². The molecule has 0 bridgehead atoms. The van der Waals surface area contributed by atoms with Crippen LogP contribution in [0.15, 0.2) is 24.3 Å². The van der Waals surface area contributed by atoms with E-state index in [0.29, 0.717) is 0 Å². The van der Waals surface area contributed by atoms with Crippen molar-refractivity contribution in [3.05, 3.63) is 35.4 Å². The van der Waals surface area contributed by atoms with E-state index in [4.69, 9.17) is 0 Å². The Morgan fingerprint density at radius 1 is 0.929 bits per heavy atom. The first-order valence-electron chi connectivity index (χ1n) is 4.53. The number of aryl methyl sites for hydroxylation is 2. The predicted molar refractivity (Wildman–Crippen MR) is 55.7 cm³/mol. The van der Waals surface area contributed by atoms with Crippen LogP contribution in [0.1, 0.15) is 31.9 Å². The van der Waals surface area contributed by atoms with E-state index in [1.807, 2.05) is 0 Å². The summed E-state index contributed by atoms with van der Waals surface area (Å²) in [6, 6.07) is 8.36. The first-order valence-corrected chi connectivity index (χ1v) is 4.53. The van der Waals surface area contributed by atoms with E-state index < -0.39 is 5.60 Å². The van der Waals surface area contributed by atoms with Gasteiger partial charge < -0.3 is 5.11 Å². The quantitative estimate of drug-likeness (QED) is 0.536. The van der Waals surface area contributed by atoms with Crippen molar-refractivity contribution in [3.63, 3.8) is 0 Å². The minimum atomic E-state index is -0.750. The fourth-order valence-electron chi connectivity index (χ4n) is 0.663. The molecule has 0 N–H and O–H groups in total. The normalized spacial score (nSPS) is 9.57. The summed E-state index contributed by atoms with van der Waals surface area (Å²) in [5.74, 6) is 0. The molecule has 0 aliphatic rings. The van der Waals surface area contributed by atoms with E-state index in [9.17, 15) is 5.11 Å². The minimum Gasteiger partial charge on any atom is -0.850 e. The second-order valence-corrected chi connectivity index (χ2v) is 4.20. The zero-order valence-electron chi connectivity index (χ0n) is 10.2. The second kappa shape index (κ2) is 8.03. The van der Waals surface area contributed by atoms with Crippen molar-refractivity contribution in [1.29, 1.82) is 0 Å². The Hall–Kier alpha value is 0.816. The van der Waals surface area contributed by atoms with Crippen molar-refractivity contribution in [2.75, 3.05) is 0 Å². The topological polar surface area (TPSA) is 23.1 Å². The van der Waals surface area contributed by atoms with Gasteiger partial charge >= 0.3 is 51.4 Å². The fourth-order valence-corrected chi connectivity index (χ4v) is 0.663. The van der Waals surface area contributed by atoms with Crippen LogP contribution >= 0.6 is 0 Å². The van der Waals surface area contributed by atoms with Gasteiger partial charge in [-0.2, -0.15) is 0 Å². The van der Waals surface area contributed by atoms with Gasteiger partial charge in [0, 0.05) is 0 Å². The van der Waals surface area contributed by atoms with E-state index in [1.54, 1.807) is 20.8 Å². The molecule has 1 aromatic carbocycles. The van der Waals surface area contributed by atoms with Gasteiger partial charge in [-0.15, -0.1) is 5.60 Å². The molecule has 0 radical (unpaired) electrons. The zero-order valence-corrected chi connectivity index (χ0v) is 13.3. The van der Waals surface area contributed by atoms with Gasteiger partial charge in [-0.25, -0.2) is 0 Å². The maximum atomic E-state index is 10.1. The first-order chi connectivity index (χ1) is 5.80. The molecule has 2 heteroatoms. The molecule has 14 heavy (non-hydrogen) atoms. The Kier molecular flexibility index (Phi) is 9.87. The monoisotopic (exact) mass is 218 g/mol. The van der Waals surface area contributed by atoms with E-state index in [2.05, 4.69) is 38.1 Å². The molecule has 0 spiro atoms. The average molecular weight is 218 g/mol. The van der Waals surface area contributed by atoms with Crippen molar-refractivity contribution < 1.29 is 56.5 Å². The Balaban J connectivity index is 0. The predicted octanol–water partition coefficient (Wildman–Crippen LogP) is -0.547. The molecule has 0 aromatic heterocycles. The number of hydrogen-bond donors (Lipinski definition) is 0. The molecular formula is C12H19KO. The summed E-state index contributed by atoms with van der Waals surface area (Å²) >= 11 is 0. The average Bonchev–Trinajstić information content (AvgIpc) is 1.92. The van der Waals surface area contributed by atoms with Crippen LogP contribution in [0.2, 0.25) is 0 Å². The largest absolute Gasteiger partial charge is 1.00 e. The molecule has 0 unspecified atom stereocenters. The van der Waals surface area contributed by atoms with Crippen molar-refractivity contribution in [1.82, 2.24) is 0 Å². The number of rotatable bonds is 0. The van der Waals surface area contributed by atoms with Crippen LogP contribution in [0.5, 0.6) is 0 Å². The molecule has 74 valence electrons. The number of hydrogen-bond acceptors (Lipinski definition) is 1. The second-order valence-electron chi connectivity index (χ2n) is 4.20. The molecule has 0 amide bonds. The molecule has 0 saturated heterocycles. The van der Waals surface area contributed by atoms with Crippen LogP contribution in [0.3, 0.4) is 0 Å². The molecule has 1 nitrogen and oxygen atoms in total. The molecular weight excluding hydrogens is 199 g/mol. The van der Waals surface area contributed by atoms with Crippen LogP contribution in [0.4, 0.5) is 0 Å². The molecule has 0 fully saturated rings. The van der Waals surface area contributed by atoms with Gasteiger partial charge in [0.1, 0.15) is 0 Å². The van der Waals surface area contributed by atoms with Crippen molar-refractivity contribution in [3.8, 4) is 0 Å². The van der Waals surface area contributed by atoms with Gasteiger partial charge in [-0.1, -0.05) is 45.0 Å². The molecule has 0 atom stereocenters. The van der Waals surface area contributed by atoms with Crippen molar-refractivity contribution in [2.24, 2.45) is 0 Å². The third kappa shape index (κ3) is 12.8. The minimum absolute atomic E-state index is 0. The van der Waals surface area contributed by atoms with Crippen molar-refractivity contribution in [2.45, 2.75) is 40.2 Å². The smallest absolute Gasteiger partial charge is 0.850 e. The van der Waals surface area contributed by atoms with E-state index in [1.165, 1.54) is 11.1 Å². The van der Waals surface area contributed by atoms with Crippen LogP contribution in [0.25, 0.3) is 0 Å². The Labute approximate surface area is 130 Å². The molecule has 1 rings (SSSR count). The van der Waals surface area contributed by atoms with Gasteiger partial charge in [0.15, 0.2) is 0 Å². The molecule has 0 saturated carbocycles. The summed E-state index contributed by atoms with van der Waals surface area (Å²) in [6.07, 6.45) is 0. The van der Waals surface area contributed by atoms with Gasteiger partial charge in [-0.3, -0.25) is 0 Å². The summed E-state index contributed by atoms with van der Waals surface area (Å²) < 4.78 is 0. The molecule has 0 aliphatic carbocycles. The van der Waals surface area contributed by atoms with Gasteiger partial charge in [-0.05, 0) is 25.0 Å². The third-order valence-electron chi connectivity index (χ3n) is 1.43. The van der Waals surface area contributed by atoms with Crippen molar-refractivity contribution >= 4 is 0 Å². The zero-order chi connectivity index (χ0) is 10.5. The van der Waals surface area contributed by atoms with E-state index in [-0.39, 0.29) is 51.4 Å². The Bertz CT molecular complexity index is 224. The SMILES string of the molecule is CC(C)(C)[O-].Cc1ccccc1C.[K+]. The molecule has 0 aliphatic heterocycles. The Morgan fingerprint density at radius 2 is 1.14 bits per heavy atom. The maximum Gasteiger partial charge on any atom is 1.00 e.